The third kappa shape index (κ3) is 3.86. The molecule has 0 unspecified atom stereocenters. The number of aromatic nitrogens is 2. The molecule has 0 bridgehead atoms. The van der Waals surface area contributed by atoms with Crippen LogP contribution < -0.4 is 0 Å². The van der Waals surface area contributed by atoms with Crippen molar-refractivity contribution < 1.29 is 4.79 Å². The first kappa shape index (κ1) is 17.7. The molecule has 0 fully saturated rings. The molecule has 1 amide bonds. The Morgan fingerprint density at radius 1 is 0.964 bits per heavy atom. The lowest BCUT2D eigenvalue weighted by atomic mass is 10.2. The summed E-state index contributed by atoms with van der Waals surface area (Å²) in [6.45, 7) is 0.547. The van der Waals surface area contributed by atoms with Gasteiger partial charge < -0.3 is 9.30 Å². The van der Waals surface area contributed by atoms with Crippen LogP contribution in [0.2, 0.25) is 0 Å². The van der Waals surface area contributed by atoms with Crippen molar-refractivity contribution in [2.45, 2.75) is 0 Å². The lowest BCUT2D eigenvalue weighted by Crippen LogP contribution is -2.26. The lowest BCUT2D eigenvalue weighted by molar-refractivity contribution is 0.0810. The first-order valence-corrected chi connectivity index (χ1v) is 9.22. The fraction of sp³-hybridized carbons (Fsp3) is 0.0833. The van der Waals surface area contributed by atoms with Gasteiger partial charge in [-0.3, -0.25) is 4.79 Å². The predicted molar refractivity (Wildman–Crippen MR) is 113 cm³/mol. The summed E-state index contributed by atoms with van der Waals surface area (Å²) in [5.74, 6) is -0.0189. The van der Waals surface area contributed by atoms with Crippen LogP contribution in [0, 0.1) is 0 Å². The molecule has 2 aromatic heterocycles. The van der Waals surface area contributed by atoms with Gasteiger partial charge in [0.1, 0.15) is 5.65 Å². The molecule has 138 valence electrons. The van der Waals surface area contributed by atoms with Gasteiger partial charge in [-0.2, -0.15) is 0 Å². The number of imidazole rings is 1. The zero-order chi connectivity index (χ0) is 19.3. The van der Waals surface area contributed by atoms with Crippen molar-refractivity contribution in [3.05, 3.63) is 102 Å². The van der Waals surface area contributed by atoms with Crippen molar-refractivity contribution >= 4 is 17.6 Å². The summed E-state index contributed by atoms with van der Waals surface area (Å²) in [5.41, 5.74) is 4.53. The topological polar surface area (TPSA) is 37.6 Å². The summed E-state index contributed by atoms with van der Waals surface area (Å²) in [4.78, 5) is 19.1. The molecule has 0 N–H and O–H groups in total. The van der Waals surface area contributed by atoms with Crippen molar-refractivity contribution in [2.75, 3.05) is 13.6 Å². The van der Waals surface area contributed by atoms with Crippen LogP contribution in [-0.2, 0) is 0 Å². The number of likely N-dealkylation sites (N-methyl/N-ethyl adjacent to an activating group) is 1. The minimum atomic E-state index is -0.0189. The van der Waals surface area contributed by atoms with Crippen molar-refractivity contribution in [3.8, 4) is 11.3 Å². The van der Waals surface area contributed by atoms with E-state index >= 15 is 0 Å². The van der Waals surface area contributed by atoms with E-state index in [2.05, 4.69) is 4.98 Å². The Morgan fingerprint density at radius 2 is 1.68 bits per heavy atom. The first-order valence-electron chi connectivity index (χ1n) is 9.22. The second-order valence-electron chi connectivity index (χ2n) is 6.67. The second kappa shape index (κ2) is 7.92. The zero-order valence-electron chi connectivity index (χ0n) is 15.7. The number of benzene rings is 2. The molecule has 4 heteroatoms. The fourth-order valence-corrected chi connectivity index (χ4v) is 3.08. The summed E-state index contributed by atoms with van der Waals surface area (Å²) < 4.78 is 1.91. The molecule has 4 aromatic rings. The van der Waals surface area contributed by atoms with Crippen LogP contribution in [0.3, 0.4) is 0 Å². The standard InChI is InChI=1S/C24H21N3O/c1-26(16-8-11-19-9-4-2-5-10-19)24(28)21-14-15-23-25-22(18-27(23)17-21)20-12-6-3-7-13-20/h2-15,17-18H,16H2,1H3/b11-8+. The summed E-state index contributed by atoms with van der Waals surface area (Å²) >= 11 is 0. The van der Waals surface area contributed by atoms with Gasteiger partial charge in [-0.15, -0.1) is 0 Å². The number of carbonyl (C=O) groups excluding carboxylic acids is 1. The van der Waals surface area contributed by atoms with E-state index in [9.17, 15) is 4.79 Å². The summed E-state index contributed by atoms with van der Waals surface area (Å²) in [6.07, 6.45) is 7.82. The Morgan fingerprint density at radius 3 is 2.43 bits per heavy atom. The molecular formula is C24H21N3O. The van der Waals surface area contributed by atoms with Gasteiger partial charge in [-0.1, -0.05) is 72.8 Å². The van der Waals surface area contributed by atoms with Gasteiger partial charge in [0.2, 0.25) is 0 Å². The highest BCUT2D eigenvalue weighted by atomic mass is 16.2. The molecule has 4 rings (SSSR count). The molecule has 2 heterocycles. The maximum Gasteiger partial charge on any atom is 0.255 e. The Kier molecular flexibility index (Phi) is 5.02. The molecular weight excluding hydrogens is 346 g/mol. The molecule has 0 saturated carbocycles. The van der Waals surface area contributed by atoms with Gasteiger partial charge in [-0.25, -0.2) is 4.98 Å². The molecule has 0 aliphatic carbocycles. The van der Waals surface area contributed by atoms with E-state index in [1.807, 2.05) is 109 Å². The van der Waals surface area contributed by atoms with E-state index in [4.69, 9.17) is 0 Å². The molecule has 28 heavy (non-hydrogen) atoms. The predicted octanol–water partition coefficient (Wildman–Crippen LogP) is 4.79. The van der Waals surface area contributed by atoms with E-state index in [1.165, 1.54) is 0 Å². The molecule has 2 aromatic carbocycles. The molecule has 0 spiro atoms. The maximum atomic E-state index is 12.8. The van der Waals surface area contributed by atoms with Gasteiger partial charge in [0.15, 0.2) is 0 Å². The van der Waals surface area contributed by atoms with Crippen molar-refractivity contribution in [2.24, 2.45) is 0 Å². The normalized spacial score (nSPS) is 11.2. The minimum absolute atomic E-state index is 0.0189. The summed E-state index contributed by atoms with van der Waals surface area (Å²) in [6, 6.07) is 23.8. The third-order valence-corrected chi connectivity index (χ3v) is 4.60. The van der Waals surface area contributed by atoms with Gasteiger partial charge in [0.25, 0.3) is 5.91 Å². The van der Waals surface area contributed by atoms with Crippen LogP contribution in [0.25, 0.3) is 23.0 Å². The molecule has 4 nitrogen and oxygen atoms in total. The van der Waals surface area contributed by atoms with E-state index in [0.717, 1.165) is 22.5 Å². The van der Waals surface area contributed by atoms with Gasteiger partial charge in [0, 0.05) is 31.5 Å². The van der Waals surface area contributed by atoms with E-state index in [0.29, 0.717) is 12.1 Å². The SMILES string of the molecule is CN(C/C=C/c1ccccc1)C(=O)c1ccc2nc(-c3ccccc3)cn2c1. The van der Waals surface area contributed by atoms with Crippen molar-refractivity contribution in [1.82, 2.24) is 14.3 Å². The Bertz CT molecular complexity index is 1110. The molecule has 0 aliphatic rings. The number of carbonyl (C=O) groups is 1. The Labute approximate surface area is 164 Å². The van der Waals surface area contributed by atoms with E-state index < -0.39 is 0 Å². The number of hydrogen-bond acceptors (Lipinski definition) is 2. The zero-order valence-corrected chi connectivity index (χ0v) is 15.7. The molecule has 0 radical (unpaired) electrons. The highest BCUT2D eigenvalue weighted by Crippen LogP contribution is 2.19. The van der Waals surface area contributed by atoms with Crippen LogP contribution in [0.5, 0.6) is 0 Å². The van der Waals surface area contributed by atoms with Crippen LogP contribution in [0.4, 0.5) is 0 Å². The molecule has 0 saturated heterocycles. The average Bonchev–Trinajstić information content (AvgIpc) is 3.18. The smallest absolute Gasteiger partial charge is 0.255 e. The van der Waals surface area contributed by atoms with Gasteiger partial charge in [-0.05, 0) is 17.7 Å². The maximum absolute atomic E-state index is 12.8. The summed E-state index contributed by atoms with van der Waals surface area (Å²) in [5, 5.41) is 0. The number of pyridine rings is 1. The van der Waals surface area contributed by atoms with Crippen LogP contribution in [0.1, 0.15) is 15.9 Å². The highest BCUT2D eigenvalue weighted by Gasteiger charge is 2.12. The monoisotopic (exact) mass is 367 g/mol. The van der Waals surface area contributed by atoms with Crippen LogP contribution >= 0.6 is 0 Å². The van der Waals surface area contributed by atoms with E-state index in [1.54, 1.807) is 4.90 Å². The number of amides is 1. The van der Waals surface area contributed by atoms with E-state index in [-0.39, 0.29) is 5.91 Å². The quantitative estimate of drug-likeness (QED) is 0.509. The number of nitrogens with zero attached hydrogens (tertiary/aromatic N) is 3. The van der Waals surface area contributed by atoms with Crippen LogP contribution in [0.15, 0.2) is 91.3 Å². The fourth-order valence-electron chi connectivity index (χ4n) is 3.08. The number of fused-ring (bicyclic) bond motifs is 1. The molecule has 0 aliphatic heterocycles. The Balaban J connectivity index is 1.50. The summed E-state index contributed by atoms with van der Waals surface area (Å²) in [7, 11) is 1.81. The van der Waals surface area contributed by atoms with Crippen LogP contribution in [-0.4, -0.2) is 33.8 Å². The van der Waals surface area contributed by atoms with Crippen molar-refractivity contribution in [3.63, 3.8) is 0 Å². The van der Waals surface area contributed by atoms with Gasteiger partial charge >= 0.3 is 0 Å². The van der Waals surface area contributed by atoms with Gasteiger partial charge in [0.05, 0.1) is 11.3 Å². The largest absolute Gasteiger partial charge is 0.338 e. The minimum Gasteiger partial charge on any atom is -0.338 e. The van der Waals surface area contributed by atoms with Crippen molar-refractivity contribution in [1.29, 1.82) is 0 Å². The molecule has 0 atom stereocenters. The Hall–Kier alpha value is -3.66. The number of hydrogen-bond donors (Lipinski definition) is 0. The first-order chi connectivity index (χ1) is 13.7. The lowest BCUT2D eigenvalue weighted by Gasteiger charge is -2.15. The number of rotatable bonds is 5. The average molecular weight is 367 g/mol. The third-order valence-electron chi connectivity index (χ3n) is 4.60. The second-order valence-corrected chi connectivity index (χ2v) is 6.67. The highest BCUT2D eigenvalue weighted by molar-refractivity contribution is 5.94.